The van der Waals surface area contributed by atoms with Crippen molar-refractivity contribution in [2.45, 2.75) is 31.5 Å². The van der Waals surface area contributed by atoms with Crippen molar-refractivity contribution >= 4 is 27.3 Å². The molecule has 0 unspecified atom stereocenters. The van der Waals surface area contributed by atoms with E-state index in [1.165, 1.54) is 19.1 Å². The molecule has 204 valence electrons. The summed E-state index contributed by atoms with van der Waals surface area (Å²) in [6.07, 6.45) is -5.05. The van der Waals surface area contributed by atoms with Gasteiger partial charge in [0.2, 0.25) is 21.8 Å². The molecule has 1 aromatic carbocycles. The number of hydrogen-bond donors (Lipinski definition) is 4. The third kappa shape index (κ3) is 8.08. The van der Waals surface area contributed by atoms with Gasteiger partial charge in [0.15, 0.2) is 5.69 Å². The lowest BCUT2D eigenvalue weighted by Gasteiger charge is -2.17. The fraction of sp³-hybridized carbons (Fsp3) is 0.429. The normalized spacial score (nSPS) is 12.3. The molecule has 0 aliphatic carbocycles. The summed E-state index contributed by atoms with van der Waals surface area (Å²) in [7, 11) is -3.92. The maximum atomic E-state index is 13.7. The number of carbonyl (C=O) groups excluding carboxylic acids is 1. The third-order valence-electron chi connectivity index (χ3n) is 4.82. The fourth-order valence-corrected chi connectivity index (χ4v) is 4.13. The van der Waals surface area contributed by atoms with Gasteiger partial charge in [0.1, 0.15) is 0 Å². The molecule has 16 heteroatoms. The van der Waals surface area contributed by atoms with E-state index in [-0.39, 0.29) is 50.0 Å². The number of nitrogens with zero attached hydrogens (tertiary/aromatic N) is 3. The second kappa shape index (κ2) is 12.8. The van der Waals surface area contributed by atoms with Gasteiger partial charge in [-0.05, 0) is 31.2 Å². The summed E-state index contributed by atoms with van der Waals surface area (Å²) in [5.41, 5.74) is -4.35. The molecule has 2 rings (SSSR count). The minimum absolute atomic E-state index is 0.0312. The Balaban J connectivity index is 2.36. The summed E-state index contributed by atoms with van der Waals surface area (Å²) < 4.78 is 73.7. The first kappa shape index (κ1) is 29.9. The van der Waals surface area contributed by atoms with Crippen LogP contribution >= 0.6 is 0 Å². The molecule has 0 spiro atoms. The number of aliphatic hydroxyl groups is 1. The van der Waals surface area contributed by atoms with Gasteiger partial charge in [-0.25, -0.2) is 13.1 Å². The van der Waals surface area contributed by atoms with Crippen molar-refractivity contribution in [3.8, 4) is 5.88 Å². The van der Waals surface area contributed by atoms with Crippen molar-refractivity contribution in [1.82, 2.24) is 14.6 Å². The number of ether oxygens (including phenoxy) is 1. The Kier molecular flexibility index (Phi) is 10.3. The largest absolute Gasteiger partial charge is 0.493 e. The lowest BCUT2D eigenvalue weighted by atomic mass is 10.1. The number of benzene rings is 1. The number of sulfonamides is 1. The van der Waals surface area contributed by atoms with Gasteiger partial charge in [-0.2, -0.15) is 18.3 Å². The number of carbonyl (C=O) groups is 1. The summed E-state index contributed by atoms with van der Waals surface area (Å²) in [6.45, 7) is 1.50. The van der Waals surface area contributed by atoms with Crippen molar-refractivity contribution in [3.05, 3.63) is 45.7 Å². The minimum Gasteiger partial charge on any atom is -0.493 e. The predicted molar refractivity (Wildman–Crippen MR) is 125 cm³/mol. The van der Waals surface area contributed by atoms with Crippen molar-refractivity contribution in [1.29, 1.82) is 0 Å². The van der Waals surface area contributed by atoms with E-state index < -0.39 is 50.4 Å². The molecule has 0 bridgehead atoms. The van der Waals surface area contributed by atoms with Crippen LogP contribution < -0.4 is 15.6 Å². The van der Waals surface area contributed by atoms with Gasteiger partial charge in [0, 0.05) is 32.1 Å². The van der Waals surface area contributed by atoms with Crippen molar-refractivity contribution in [2.24, 2.45) is 10.2 Å². The molecule has 2 aromatic rings. The van der Waals surface area contributed by atoms with E-state index in [0.29, 0.717) is 4.57 Å². The SMILES string of the molecule is CC(=O)NCCn1c(O)c(/N=N/c2ccc(S(=O)(=O)NCCOCCO)cc2)c(C(F)(F)F)c(C)c1=O. The number of amides is 1. The Morgan fingerprint density at radius 3 is 2.35 bits per heavy atom. The zero-order chi connectivity index (χ0) is 27.8. The topological polar surface area (TPSA) is 172 Å². The molecule has 0 atom stereocenters. The van der Waals surface area contributed by atoms with Crippen LogP contribution in [-0.4, -0.2) is 62.0 Å². The van der Waals surface area contributed by atoms with E-state index in [1.807, 2.05) is 0 Å². The van der Waals surface area contributed by atoms with Gasteiger partial charge in [-0.15, -0.1) is 5.11 Å². The maximum Gasteiger partial charge on any atom is 0.419 e. The Hall–Kier alpha value is -3.34. The van der Waals surface area contributed by atoms with Crippen LogP contribution in [0.5, 0.6) is 5.88 Å². The van der Waals surface area contributed by atoms with Crippen LogP contribution in [0.15, 0.2) is 44.2 Å². The highest BCUT2D eigenvalue weighted by Crippen LogP contribution is 2.42. The third-order valence-corrected chi connectivity index (χ3v) is 6.30. The van der Waals surface area contributed by atoms with Crippen molar-refractivity contribution in [2.75, 3.05) is 32.9 Å². The number of aromatic nitrogens is 1. The van der Waals surface area contributed by atoms with Crippen LogP contribution in [0, 0.1) is 6.92 Å². The first-order valence-electron chi connectivity index (χ1n) is 10.8. The van der Waals surface area contributed by atoms with Gasteiger partial charge in [-0.1, -0.05) is 0 Å². The van der Waals surface area contributed by atoms with E-state index in [1.54, 1.807) is 0 Å². The Labute approximate surface area is 209 Å². The first-order valence-corrected chi connectivity index (χ1v) is 12.3. The molecule has 1 amide bonds. The number of aliphatic hydroxyl groups excluding tert-OH is 1. The number of aromatic hydroxyl groups is 1. The van der Waals surface area contributed by atoms with E-state index in [0.717, 1.165) is 19.1 Å². The molecule has 0 radical (unpaired) electrons. The lowest BCUT2D eigenvalue weighted by molar-refractivity contribution is -0.137. The smallest absolute Gasteiger partial charge is 0.419 e. The summed E-state index contributed by atoms with van der Waals surface area (Å²) in [5, 5.41) is 28.7. The second-order valence-electron chi connectivity index (χ2n) is 7.54. The number of hydrogen-bond acceptors (Lipinski definition) is 9. The quantitative estimate of drug-likeness (QED) is 0.231. The zero-order valence-corrected chi connectivity index (χ0v) is 20.7. The highest BCUT2D eigenvalue weighted by molar-refractivity contribution is 7.89. The fourth-order valence-electron chi connectivity index (χ4n) is 3.11. The lowest BCUT2D eigenvalue weighted by Crippen LogP contribution is -2.31. The number of azo groups is 1. The Morgan fingerprint density at radius 1 is 1.14 bits per heavy atom. The van der Waals surface area contributed by atoms with Crippen LogP contribution in [0.2, 0.25) is 0 Å². The summed E-state index contributed by atoms with van der Waals surface area (Å²) >= 11 is 0. The molecule has 0 saturated carbocycles. The molecular formula is C21H26F3N5O7S. The molecule has 4 N–H and O–H groups in total. The standard InChI is InChI=1S/C21H26F3N5O7S/c1-13-17(21(22,23)24)18(20(33)29(19(13)32)9-7-25-14(2)31)28-27-15-3-5-16(6-4-15)37(34,35)26-8-11-36-12-10-30/h3-6,26,30,33H,7-12H2,1-2H3,(H,25,31)/b28-27+. The van der Waals surface area contributed by atoms with Crippen LogP contribution in [0.4, 0.5) is 24.5 Å². The summed E-state index contributed by atoms with van der Waals surface area (Å²) in [4.78, 5) is 23.4. The first-order chi connectivity index (χ1) is 17.3. The zero-order valence-electron chi connectivity index (χ0n) is 19.9. The second-order valence-corrected chi connectivity index (χ2v) is 9.30. The highest BCUT2D eigenvalue weighted by Gasteiger charge is 2.39. The number of halogens is 3. The molecule has 0 saturated heterocycles. The van der Waals surface area contributed by atoms with Gasteiger partial charge in [0.25, 0.3) is 5.56 Å². The van der Waals surface area contributed by atoms with E-state index >= 15 is 0 Å². The Bertz CT molecular complexity index is 1290. The summed E-state index contributed by atoms with van der Waals surface area (Å²) in [6, 6.07) is 4.67. The van der Waals surface area contributed by atoms with E-state index in [4.69, 9.17) is 9.84 Å². The molecule has 1 aromatic heterocycles. The molecule has 12 nitrogen and oxygen atoms in total. The van der Waals surface area contributed by atoms with Crippen LogP contribution in [-0.2, 0) is 32.3 Å². The molecular weight excluding hydrogens is 523 g/mol. The van der Waals surface area contributed by atoms with Crippen LogP contribution in [0.3, 0.4) is 0 Å². The van der Waals surface area contributed by atoms with E-state index in [9.17, 15) is 36.3 Å². The van der Waals surface area contributed by atoms with Crippen molar-refractivity contribution < 1.29 is 41.3 Å². The van der Waals surface area contributed by atoms with Gasteiger partial charge < -0.3 is 20.3 Å². The Morgan fingerprint density at radius 2 is 1.78 bits per heavy atom. The summed E-state index contributed by atoms with van der Waals surface area (Å²) in [5.74, 6) is -1.53. The number of rotatable bonds is 12. The van der Waals surface area contributed by atoms with Gasteiger partial charge in [-0.3, -0.25) is 14.2 Å². The van der Waals surface area contributed by atoms with Crippen molar-refractivity contribution in [3.63, 3.8) is 0 Å². The maximum absolute atomic E-state index is 13.7. The average Bonchev–Trinajstić information content (AvgIpc) is 2.81. The highest BCUT2D eigenvalue weighted by atomic mass is 32.2. The molecule has 37 heavy (non-hydrogen) atoms. The van der Waals surface area contributed by atoms with E-state index in [2.05, 4.69) is 20.3 Å². The van der Waals surface area contributed by atoms with Crippen LogP contribution in [0.1, 0.15) is 18.1 Å². The number of nitrogens with one attached hydrogen (secondary N) is 2. The van der Waals surface area contributed by atoms with Gasteiger partial charge >= 0.3 is 6.18 Å². The van der Waals surface area contributed by atoms with Gasteiger partial charge in [0.05, 0.1) is 36.0 Å². The minimum atomic E-state index is -5.05. The number of alkyl halides is 3. The molecule has 0 aliphatic heterocycles. The molecule has 0 aliphatic rings. The molecule has 0 fully saturated rings. The molecule has 1 heterocycles. The monoisotopic (exact) mass is 549 g/mol. The number of pyridine rings is 1. The average molecular weight is 550 g/mol. The van der Waals surface area contributed by atoms with Crippen LogP contribution in [0.25, 0.3) is 0 Å². The predicted octanol–water partition coefficient (Wildman–Crippen LogP) is 1.72.